The van der Waals surface area contributed by atoms with E-state index < -0.39 is 23.6 Å². The second-order valence-corrected chi connectivity index (χ2v) is 14.8. The van der Waals surface area contributed by atoms with Crippen LogP contribution in [0.5, 0.6) is 17.2 Å². The Balaban J connectivity index is 0.980. The standard InChI is InChI=1S/C42H46O10/c1-25(15-19-47-39-27-9-13-37(43)49-33(27)23-31-29(39)17-21-45-31)7-11-35(41(3,4)44)51-38-14-10-28-34(50-38)24-32-30(18-22-46-32)40(28)48-20-16-26(2)8-12-36-42(5,6)52-36/h9-10,13-18,21-24,35-36,38,44H,7-8,11-12,19-20H2,1-6H3/b25-15+,26-16+/t35-,36?,38?/m1/s1. The van der Waals surface area contributed by atoms with Gasteiger partial charge >= 0.3 is 5.63 Å². The third-order valence-corrected chi connectivity index (χ3v) is 9.86. The number of aliphatic hydroxyl groups is 1. The summed E-state index contributed by atoms with van der Waals surface area (Å²) in [6.45, 7) is 12.6. The predicted molar refractivity (Wildman–Crippen MR) is 199 cm³/mol. The van der Waals surface area contributed by atoms with Gasteiger partial charge in [0, 0.05) is 18.2 Å². The lowest BCUT2D eigenvalue weighted by Crippen LogP contribution is -2.42. The van der Waals surface area contributed by atoms with Crippen LogP contribution < -0.4 is 19.8 Å². The lowest BCUT2D eigenvalue weighted by Gasteiger charge is -2.33. The van der Waals surface area contributed by atoms with E-state index in [4.69, 9.17) is 36.9 Å². The molecule has 3 atom stereocenters. The summed E-state index contributed by atoms with van der Waals surface area (Å²) in [5, 5.41) is 13.5. The van der Waals surface area contributed by atoms with Gasteiger partial charge in [-0.1, -0.05) is 11.1 Å². The number of epoxide rings is 1. The summed E-state index contributed by atoms with van der Waals surface area (Å²) >= 11 is 0. The fourth-order valence-electron chi connectivity index (χ4n) is 6.61. The third kappa shape index (κ3) is 7.84. The minimum absolute atomic E-state index is 0.00273. The van der Waals surface area contributed by atoms with Crippen molar-refractivity contribution < 1.29 is 42.0 Å². The van der Waals surface area contributed by atoms with Crippen molar-refractivity contribution >= 4 is 39.0 Å². The molecule has 3 aromatic heterocycles. The zero-order valence-corrected chi connectivity index (χ0v) is 30.5. The highest BCUT2D eigenvalue weighted by Gasteiger charge is 2.46. The first-order chi connectivity index (χ1) is 24.9. The van der Waals surface area contributed by atoms with E-state index in [1.165, 1.54) is 11.6 Å². The molecule has 0 saturated carbocycles. The van der Waals surface area contributed by atoms with Crippen molar-refractivity contribution in [1.82, 2.24) is 0 Å². The Hall–Kier alpha value is -4.77. The highest BCUT2D eigenvalue weighted by Crippen LogP contribution is 2.42. The van der Waals surface area contributed by atoms with Gasteiger partial charge in [-0.2, -0.15) is 0 Å². The van der Waals surface area contributed by atoms with Crippen LogP contribution in [0.15, 0.2) is 96.3 Å². The van der Waals surface area contributed by atoms with Crippen LogP contribution in [0.25, 0.3) is 39.0 Å². The zero-order chi connectivity index (χ0) is 36.6. The van der Waals surface area contributed by atoms with Crippen molar-refractivity contribution in [2.24, 2.45) is 0 Å². The molecule has 0 spiro atoms. The molecule has 274 valence electrons. The van der Waals surface area contributed by atoms with Crippen LogP contribution in [0.4, 0.5) is 0 Å². The van der Waals surface area contributed by atoms with Gasteiger partial charge in [0.15, 0.2) is 0 Å². The molecule has 5 aromatic rings. The first kappa shape index (κ1) is 35.6. The molecule has 0 aliphatic carbocycles. The van der Waals surface area contributed by atoms with E-state index in [0.29, 0.717) is 71.5 Å². The lowest BCUT2D eigenvalue weighted by atomic mass is 9.95. The fourth-order valence-corrected chi connectivity index (χ4v) is 6.61. The maximum absolute atomic E-state index is 11.8. The van der Waals surface area contributed by atoms with Gasteiger partial charge in [0.05, 0.1) is 57.7 Å². The Morgan fingerprint density at radius 3 is 2.23 bits per heavy atom. The highest BCUT2D eigenvalue weighted by atomic mass is 16.7. The Labute approximate surface area is 302 Å². The van der Waals surface area contributed by atoms with Crippen molar-refractivity contribution in [3.63, 3.8) is 0 Å². The lowest BCUT2D eigenvalue weighted by molar-refractivity contribution is -0.159. The van der Waals surface area contributed by atoms with Crippen LogP contribution in [0.3, 0.4) is 0 Å². The summed E-state index contributed by atoms with van der Waals surface area (Å²) in [6.07, 6.45) is 13.3. The van der Waals surface area contributed by atoms with Gasteiger partial charge < -0.3 is 42.0 Å². The molecule has 0 bridgehead atoms. The Bertz CT molecular complexity index is 2220. The van der Waals surface area contributed by atoms with Gasteiger partial charge in [-0.3, -0.25) is 0 Å². The summed E-state index contributed by atoms with van der Waals surface area (Å²) in [4.78, 5) is 11.8. The summed E-state index contributed by atoms with van der Waals surface area (Å²) in [7, 11) is 0. The molecule has 0 amide bonds. The zero-order valence-electron chi connectivity index (χ0n) is 30.5. The predicted octanol–water partition coefficient (Wildman–Crippen LogP) is 9.26. The highest BCUT2D eigenvalue weighted by molar-refractivity contribution is 6.01. The molecule has 10 heteroatoms. The van der Waals surface area contributed by atoms with Crippen LogP contribution in [-0.2, 0) is 9.47 Å². The van der Waals surface area contributed by atoms with Crippen molar-refractivity contribution in [3.8, 4) is 17.2 Å². The number of hydrogen-bond donors (Lipinski definition) is 1. The molecule has 1 saturated heterocycles. The van der Waals surface area contributed by atoms with E-state index in [0.717, 1.165) is 34.8 Å². The smallest absolute Gasteiger partial charge is 0.336 e. The van der Waals surface area contributed by atoms with E-state index in [2.05, 4.69) is 26.8 Å². The normalized spacial score (nSPS) is 19.2. The molecule has 7 rings (SSSR count). The van der Waals surface area contributed by atoms with E-state index in [9.17, 15) is 9.90 Å². The fraction of sp³-hybridized carbons (Fsp3) is 0.405. The summed E-state index contributed by atoms with van der Waals surface area (Å²) in [5.41, 5.74) is 3.18. The number of benzene rings is 2. The molecular weight excluding hydrogens is 664 g/mol. The quantitative estimate of drug-likeness (QED) is 0.0638. The monoisotopic (exact) mass is 710 g/mol. The van der Waals surface area contributed by atoms with Crippen molar-refractivity contribution in [2.45, 2.75) is 96.9 Å². The van der Waals surface area contributed by atoms with E-state index in [-0.39, 0.29) is 5.60 Å². The van der Waals surface area contributed by atoms with Gasteiger partial charge in [0.1, 0.15) is 47.2 Å². The van der Waals surface area contributed by atoms with E-state index in [1.54, 1.807) is 38.5 Å². The molecule has 2 aliphatic rings. The molecule has 2 aliphatic heterocycles. The van der Waals surface area contributed by atoms with Crippen molar-refractivity contribution in [1.29, 1.82) is 0 Å². The molecule has 0 radical (unpaired) electrons. The molecule has 2 unspecified atom stereocenters. The first-order valence-electron chi connectivity index (χ1n) is 17.8. The second kappa shape index (κ2) is 14.3. The van der Waals surface area contributed by atoms with Crippen LogP contribution >= 0.6 is 0 Å². The van der Waals surface area contributed by atoms with E-state index >= 15 is 0 Å². The van der Waals surface area contributed by atoms with E-state index in [1.807, 2.05) is 43.4 Å². The average Bonchev–Trinajstić information content (AvgIpc) is 3.42. The van der Waals surface area contributed by atoms with Crippen molar-refractivity contribution in [3.05, 3.63) is 94.3 Å². The largest absolute Gasteiger partial charge is 0.488 e. The molecule has 52 heavy (non-hydrogen) atoms. The van der Waals surface area contributed by atoms with Gasteiger partial charge in [-0.15, -0.1) is 0 Å². The molecule has 1 N–H and O–H groups in total. The topological polar surface area (TPSA) is 126 Å². The average molecular weight is 711 g/mol. The summed E-state index contributed by atoms with van der Waals surface area (Å²) < 4.78 is 47.6. The summed E-state index contributed by atoms with van der Waals surface area (Å²) in [5.74, 6) is 1.86. The number of furan rings is 2. The SMILES string of the molecule is C/C(=C\COc1c2c(cc3occc13)OC(O[C@H](CC/C(C)=C/COc1c3ccoc3cc3oc(=O)ccc13)C(C)(C)O)C=C2)CCC1OC1(C)C. The maximum atomic E-state index is 11.8. The number of fused-ring (bicyclic) bond motifs is 4. The maximum Gasteiger partial charge on any atom is 0.336 e. The molecule has 5 heterocycles. The molecule has 2 aromatic carbocycles. The van der Waals surface area contributed by atoms with Gasteiger partial charge in [0.25, 0.3) is 0 Å². The summed E-state index contributed by atoms with van der Waals surface area (Å²) in [6, 6.07) is 10.3. The van der Waals surface area contributed by atoms with Crippen LogP contribution in [0.1, 0.15) is 72.8 Å². The Morgan fingerprint density at radius 2 is 1.54 bits per heavy atom. The van der Waals surface area contributed by atoms with Gasteiger partial charge in [0.2, 0.25) is 6.29 Å². The Morgan fingerprint density at radius 1 is 0.904 bits per heavy atom. The minimum Gasteiger partial charge on any atom is -0.488 e. The molecule has 10 nitrogen and oxygen atoms in total. The van der Waals surface area contributed by atoms with Crippen LogP contribution in [0.2, 0.25) is 0 Å². The minimum atomic E-state index is -1.14. The van der Waals surface area contributed by atoms with Gasteiger partial charge in [-0.05, 0) is 110 Å². The van der Waals surface area contributed by atoms with Crippen LogP contribution in [0, 0.1) is 0 Å². The van der Waals surface area contributed by atoms with Crippen molar-refractivity contribution in [2.75, 3.05) is 13.2 Å². The number of ether oxygens (including phenoxy) is 5. The molecular formula is C42H46O10. The van der Waals surface area contributed by atoms with Crippen LogP contribution in [-0.4, -0.2) is 48.0 Å². The first-order valence-corrected chi connectivity index (χ1v) is 17.8. The number of allylic oxidation sites excluding steroid dienone is 2. The third-order valence-electron chi connectivity index (χ3n) is 9.86. The second-order valence-electron chi connectivity index (χ2n) is 14.8. The van der Waals surface area contributed by atoms with Gasteiger partial charge in [-0.25, -0.2) is 4.79 Å². The number of rotatable bonds is 15. The molecule has 1 fully saturated rings. The number of hydrogen-bond acceptors (Lipinski definition) is 10. The Kier molecular flexibility index (Phi) is 9.82.